The van der Waals surface area contributed by atoms with Crippen LogP contribution in [0.1, 0.15) is 44.7 Å². The summed E-state index contributed by atoms with van der Waals surface area (Å²) in [5, 5.41) is 10.7. The zero-order valence-electron chi connectivity index (χ0n) is 18.8. The van der Waals surface area contributed by atoms with E-state index in [0.717, 1.165) is 29.8 Å². The molecule has 31 heavy (non-hydrogen) atoms. The number of aliphatic hydroxyl groups excluding tert-OH is 1. The van der Waals surface area contributed by atoms with Crippen molar-refractivity contribution in [3.63, 3.8) is 0 Å². The van der Waals surface area contributed by atoms with Crippen molar-refractivity contribution in [1.82, 2.24) is 14.7 Å². The van der Waals surface area contributed by atoms with Crippen molar-refractivity contribution in [2.75, 3.05) is 19.7 Å². The molecule has 2 atom stereocenters. The normalized spacial score (nSPS) is 16.5. The van der Waals surface area contributed by atoms with Crippen molar-refractivity contribution in [2.24, 2.45) is 17.4 Å². The first kappa shape index (κ1) is 27.0. The van der Waals surface area contributed by atoms with Crippen LogP contribution in [-0.2, 0) is 16.0 Å². The van der Waals surface area contributed by atoms with Crippen LogP contribution >= 0.6 is 12.8 Å². The summed E-state index contributed by atoms with van der Waals surface area (Å²) in [7, 11) is 0. The van der Waals surface area contributed by atoms with Gasteiger partial charge in [-0.3, -0.25) is 14.6 Å². The molecule has 1 aromatic rings. The molecule has 0 aromatic heterocycles. The van der Waals surface area contributed by atoms with Crippen molar-refractivity contribution in [2.45, 2.75) is 52.1 Å². The smallest absolute Gasteiger partial charge is 0.240 e. The van der Waals surface area contributed by atoms with Gasteiger partial charge >= 0.3 is 0 Å². The van der Waals surface area contributed by atoms with Gasteiger partial charge in [0, 0.05) is 19.7 Å². The maximum absolute atomic E-state index is 11.9. The number of carbonyl (C=O) groups is 2. The van der Waals surface area contributed by atoms with E-state index in [4.69, 9.17) is 16.6 Å². The first-order valence-corrected chi connectivity index (χ1v) is 11.0. The monoisotopic (exact) mass is 451 g/mol. The minimum absolute atomic E-state index is 0.0756. The third-order valence-corrected chi connectivity index (χ3v) is 5.56. The zero-order valence-corrected chi connectivity index (χ0v) is 19.6. The maximum Gasteiger partial charge on any atom is 0.240 e. The van der Waals surface area contributed by atoms with Gasteiger partial charge in [-0.15, -0.1) is 0 Å². The lowest BCUT2D eigenvalue weighted by Crippen LogP contribution is -2.51. The Labute approximate surface area is 191 Å². The summed E-state index contributed by atoms with van der Waals surface area (Å²) in [6.07, 6.45) is 2.17. The van der Waals surface area contributed by atoms with Gasteiger partial charge in [0.25, 0.3) is 0 Å². The van der Waals surface area contributed by atoms with Gasteiger partial charge in [0.05, 0.1) is 11.7 Å². The summed E-state index contributed by atoms with van der Waals surface area (Å²) < 4.78 is 0. The Balaban J connectivity index is 0.000000311. The Morgan fingerprint density at radius 1 is 1.35 bits per heavy atom. The second kappa shape index (κ2) is 13.4. The predicted molar refractivity (Wildman–Crippen MR) is 128 cm³/mol. The molecule has 0 spiro atoms. The van der Waals surface area contributed by atoms with Gasteiger partial charge in [0.2, 0.25) is 11.8 Å². The number of amides is 2. The van der Waals surface area contributed by atoms with E-state index in [1.165, 1.54) is 4.90 Å². The molecule has 2 amide bonds. The number of hydrogen-bond donors (Lipinski definition) is 5. The molecule has 1 heterocycles. The molecule has 1 saturated heterocycles. The number of hydrazine groups is 1. The first-order chi connectivity index (χ1) is 14.7. The summed E-state index contributed by atoms with van der Waals surface area (Å²) in [6.45, 7) is 11.4. The fourth-order valence-electron chi connectivity index (χ4n) is 3.27. The van der Waals surface area contributed by atoms with Crippen LogP contribution < -0.4 is 16.3 Å². The molecule has 1 fully saturated rings. The van der Waals surface area contributed by atoms with Gasteiger partial charge in [-0.25, -0.2) is 0 Å². The molecule has 0 aliphatic carbocycles. The summed E-state index contributed by atoms with van der Waals surface area (Å²) in [4.78, 5) is 27.3. The molecule has 0 bridgehead atoms. The Morgan fingerprint density at radius 2 is 1.97 bits per heavy atom. The molecular formula is C22H37N5O3S. The maximum atomic E-state index is 11.9. The van der Waals surface area contributed by atoms with Crippen LogP contribution in [-0.4, -0.2) is 58.6 Å². The topological polar surface area (TPSA) is 125 Å². The van der Waals surface area contributed by atoms with E-state index in [0.29, 0.717) is 19.4 Å². The summed E-state index contributed by atoms with van der Waals surface area (Å²) in [6, 6.07) is 7.02. The van der Waals surface area contributed by atoms with Gasteiger partial charge in [-0.2, -0.15) is 4.83 Å². The van der Waals surface area contributed by atoms with E-state index in [2.05, 4.69) is 24.2 Å². The molecule has 6 N–H and O–H groups in total. The number of aliphatic hydroxyl groups is 1. The molecule has 0 saturated carbocycles. The molecule has 1 aromatic carbocycles. The van der Waals surface area contributed by atoms with Crippen LogP contribution in [0.4, 0.5) is 0 Å². The molecule has 1 unspecified atom stereocenters. The van der Waals surface area contributed by atoms with E-state index >= 15 is 0 Å². The molecular weight excluding hydrogens is 414 g/mol. The number of nitrogens with zero attached hydrogens (tertiary/aromatic N) is 2. The highest BCUT2D eigenvalue weighted by atomic mass is 32.1. The highest BCUT2D eigenvalue weighted by Crippen LogP contribution is 2.19. The van der Waals surface area contributed by atoms with Crippen molar-refractivity contribution in [3.05, 3.63) is 42.0 Å². The average Bonchev–Trinajstić information content (AvgIpc) is 3.25. The molecule has 174 valence electrons. The van der Waals surface area contributed by atoms with Crippen LogP contribution in [0.2, 0.25) is 0 Å². The SMILES string of the molecule is C=C(c1ccc(CCO)cc1)N(CC)NS.CC(C)C(N)C(=O)N1CCC[C@H]1C(N)=O. The van der Waals surface area contributed by atoms with Crippen LogP contribution in [0.15, 0.2) is 30.8 Å². The van der Waals surface area contributed by atoms with Crippen molar-refractivity contribution >= 4 is 30.3 Å². The third kappa shape index (κ3) is 7.84. The van der Waals surface area contributed by atoms with Crippen molar-refractivity contribution in [3.8, 4) is 0 Å². The second-order valence-corrected chi connectivity index (χ2v) is 8.02. The van der Waals surface area contributed by atoms with Gasteiger partial charge in [0.1, 0.15) is 6.04 Å². The lowest BCUT2D eigenvalue weighted by atomic mass is 10.0. The van der Waals surface area contributed by atoms with Crippen LogP contribution in [0.3, 0.4) is 0 Å². The highest BCUT2D eigenvalue weighted by Gasteiger charge is 2.35. The number of nitrogens with two attached hydrogens (primary N) is 2. The average molecular weight is 452 g/mol. The fraction of sp³-hybridized carbons (Fsp3) is 0.545. The number of hydrogen-bond acceptors (Lipinski definition) is 7. The molecule has 9 heteroatoms. The third-order valence-electron chi connectivity index (χ3n) is 5.32. The van der Waals surface area contributed by atoms with E-state index in [9.17, 15) is 9.59 Å². The van der Waals surface area contributed by atoms with Crippen LogP contribution in [0.25, 0.3) is 5.70 Å². The Bertz CT molecular complexity index is 722. The van der Waals surface area contributed by atoms with Crippen molar-refractivity contribution in [1.29, 1.82) is 0 Å². The molecule has 2 rings (SSSR count). The first-order valence-electron chi connectivity index (χ1n) is 10.6. The van der Waals surface area contributed by atoms with Gasteiger partial charge in [0.15, 0.2) is 0 Å². The molecule has 1 aliphatic heterocycles. The summed E-state index contributed by atoms with van der Waals surface area (Å²) in [5.41, 5.74) is 14.0. The van der Waals surface area contributed by atoms with Gasteiger partial charge < -0.3 is 21.5 Å². The van der Waals surface area contributed by atoms with Crippen LogP contribution in [0, 0.1) is 5.92 Å². The number of thiol groups is 1. The van der Waals surface area contributed by atoms with E-state index in [-0.39, 0.29) is 18.4 Å². The van der Waals surface area contributed by atoms with E-state index in [1.807, 2.05) is 50.0 Å². The van der Waals surface area contributed by atoms with Crippen molar-refractivity contribution < 1.29 is 14.7 Å². The molecule has 8 nitrogen and oxygen atoms in total. The summed E-state index contributed by atoms with van der Waals surface area (Å²) >= 11 is 4.02. The number of likely N-dealkylation sites (tertiary alicyclic amines) is 1. The zero-order chi connectivity index (χ0) is 23.6. The number of nitrogens with one attached hydrogen (secondary N) is 1. The predicted octanol–water partition coefficient (Wildman–Crippen LogP) is 1.31. The molecule has 1 aliphatic rings. The molecule has 0 radical (unpaired) electrons. The van der Waals surface area contributed by atoms with E-state index < -0.39 is 18.0 Å². The lowest BCUT2D eigenvalue weighted by molar-refractivity contribution is -0.139. The Morgan fingerprint density at radius 3 is 2.42 bits per heavy atom. The quantitative estimate of drug-likeness (QED) is 0.285. The number of carbonyl (C=O) groups excluding carboxylic acids is 2. The second-order valence-electron chi connectivity index (χ2n) is 7.82. The fourth-order valence-corrected chi connectivity index (χ4v) is 3.54. The standard InChI is InChI=1S/C12H18N2OS.C10H19N3O2/c1-3-14(13-16)10(2)12-6-4-11(5-7-12)8-9-15;1-6(2)8(11)10(15)13-5-3-4-7(13)9(12)14/h4-7,13,15-16H,2-3,8-9H2,1H3;6-8H,3-5,11H2,1-2H3,(H2,12,14)/t;7-,8?/m.0/s1. The number of rotatable bonds is 9. The Kier molecular flexibility index (Phi) is 11.6. The minimum Gasteiger partial charge on any atom is -0.396 e. The minimum atomic E-state index is -0.537. The number of primary amides is 1. The Hall–Kier alpha value is -2.07. The van der Waals surface area contributed by atoms with Gasteiger partial charge in [-0.1, -0.05) is 57.5 Å². The van der Waals surface area contributed by atoms with E-state index in [1.54, 1.807) is 0 Å². The largest absolute Gasteiger partial charge is 0.396 e. The number of benzene rings is 1. The van der Waals surface area contributed by atoms with Crippen LogP contribution in [0.5, 0.6) is 0 Å². The lowest BCUT2D eigenvalue weighted by Gasteiger charge is -2.26. The highest BCUT2D eigenvalue weighted by molar-refractivity contribution is 7.78. The summed E-state index contributed by atoms with van der Waals surface area (Å²) in [5.74, 6) is -0.519. The van der Waals surface area contributed by atoms with Gasteiger partial charge in [-0.05, 0) is 43.2 Å².